The first-order valence-corrected chi connectivity index (χ1v) is 8.15. The van der Waals surface area contributed by atoms with E-state index in [4.69, 9.17) is 9.47 Å². The monoisotopic (exact) mass is 329 g/mol. The van der Waals surface area contributed by atoms with Gasteiger partial charge in [0.15, 0.2) is 6.10 Å². The van der Waals surface area contributed by atoms with Crippen LogP contribution in [0.15, 0.2) is 42.7 Å². The van der Waals surface area contributed by atoms with E-state index in [1.54, 1.807) is 0 Å². The molecule has 6 nitrogen and oxygen atoms in total. The van der Waals surface area contributed by atoms with Crippen molar-refractivity contribution in [2.24, 2.45) is 0 Å². The summed E-state index contributed by atoms with van der Waals surface area (Å²) in [6.07, 6.45) is 3.43. The van der Waals surface area contributed by atoms with Gasteiger partial charge in [-0.05, 0) is 12.5 Å². The van der Waals surface area contributed by atoms with Gasteiger partial charge < -0.3 is 9.47 Å². The lowest BCUT2D eigenvalue weighted by molar-refractivity contribution is -0.166. The molecule has 24 heavy (non-hydrogen) atoms. The Labute approximate surface area is 142 Å². The van der Waals surface area contributed by atoms with Crippen molar-refractivity contribution in [1.29, 1.82) is 0 Å². The fourth-order valence-electron chi connectivity index (χ4n) is 3.03. The van der Waals surface area contributed by atoms with Crippen LogP contribution < -0.4 is 0 Å². The first kappa shape index (κ1) is 16.7. The van der Waals surface area contributed by atoms with Crippen molar-refractivity contribution < 1.29 is 14.3 Å². The average Bonchev–Trinajstić information content (AvgIpc) is 3.01. The Balaban J connectivity index is 1.60. The molecule has 1 aliphatic rings. The highest BCUT2D eigenvalue weighted by atomic mass is 16.6. The summed E-state index contributed by atoms with van der Waals surface area (Å²) in [5.41, 5.74) is 2.35. The number of carbonyl (C=O) groups excluding carboxylic acids is 1. The molecular weight excluding hydrogens is 306 g/mol. The van der Waals surface area contributed by atoms with Crippen molar-refractivity contribution in [1.82, 2.24) is 14.7 Å². The largest absolute Gasteiger partial charge is 0.467 e. The van der Waals surface area contributed by atoms with Crippen LogP contribution in [0.1, 0.15) is 18.1 Å². The van der Waals surface area contributed by atoms with E-state index >= 15 is 0 Å². The second kappa shape index (κ2) is 7.59. The van der Waals surface area contributed by atoms with Crippen molar-refractivity contribution in [2.45, 2.75) is 32.2 Å². The molecule has 1 saturated heterocycles. The summed E-state index contributed by atoms with van der Waals surface area (Å²) in [5, 5.41) is 4.43. The summed E-state index contributed by atoms with van der Waals surface area (Å²) >= 11 is 0. The number of benzene rings is 1. The van der Waals surface area contributed by atoms with Crippen molar-refractivity contribution >= 4 is 5.97 Å². The minimum Gasteiger partial charge on any atom is -0.467 e. The van der Waals surface area contributed by atoms with Gasteiger partial charge in [-0.2, -0.15) is 5.10 Å². The first-order valence-electron chi connectivity index (χ1n) is 8.15. The number of rotatable bonds is 5. The van der Waals surface area contributed by atoms with Crippen LogP contribution in [0.25, 0.3) is 0 Å². The zero-order valence-corrected chi connectivity index (χ0v) is 14.1. The fourth-order valence-corrected chi connectivity index (χ4v) is 3.03. The van der Waals surface area contributed by atoms with Crippen LogP contribution in [-0.4, -0.2) is 53.1 Å². The highest BCUT2D eigenvalue weighted by molar-refractivity contribution is 5.74. The average molecular weight is 329 g/mol. The number of aromatic nitrogens is 2. The summed E-state index contributed by atoms with van der Waals surface area (Å²) in [4.78, 5) is 13.9. The van der Waals surface area contributed by atoms with Gasteiger partial charge in [0.1, 0.15) is 0 Å². The molecule has 0 aliphatic carbocycles. The highest BCUT2D eigenvalue weighted by Gasteiger charge is 2.31. The predicted molar refractivity (Wildman–Crippen MR) is 89.4 cm³/mol. The van der Waals surface area contributed by atoms with Crippen molar-refractivity contribution in [3.8, 4) is 0 Å². The maximum atomic E-state index is 11.7. The minimum absolute atomic E-state index is 0.00205. The third-order valence-electron chi connectivity index (χ3n) is 4.08. The van der Waals surface area contributed by atoms with Crippen LogP contribution in [0.3, 0.4) is 0 Å². The van der Waals surface area contributed by atoms with E-state index in [9.17, 15) is 4.79 Å². The lowest BCUT2D eigenvalue weighted by Crippen LogP contribution is -2.49. The van der Waals surface area contributed by atoms with Crippen LogP contribution in [-0.2, 0) is 27.4 Å². The number of hydrogen-bond acceptors (Lipinski definition) is 5. The molecule has 6 heteroatoms. The summed E-state index contributed by atoms with van der Waals surface area (Å²) in [6.45, 7) is 4.81. The molecule has 0 spiro atoms. The van der Waals surface area contributed by atoms with Gasteiger partial charge in [0.2, 0.25) is 0 Å². The molecule has 0 radical (unpaired) electrons. The van der Waals surface area contributed by atoms with Gasteiger partial charge in [0.25, 0.3) is 0 Å². The van der Waals surface area contributed by atoms with Crippen LogP contribution in [0.2, 0.25) is 0 Å². The summed E-state index contributed by atoms with van der Waals surface area (Å²) in [7, 11) is 1.39. The molecule has 1 fully saturated rings. The number of hydrogen-bond donors (Lipinski definition) is 0. The molecule has 1 aromatic heterocycles. The van der Waals surface area contributed by atoms with Gasteiger partial charge in [-0.3, -0.25) is 9.58 Å². The van der Waals surface area contributed by atoms with Crippen molar-refractivity contribution in [3.05, 3.63) is 53.9 Å². The molecule has 128 valence electrons. The number of carbonyl (C=O) groups is 1. The van der Waals surface area contributed by atoms with E-state index in [2.05, 4.69) is 28.3 Å². The molecule has 2 atom stereocenters. The summed E-state index contributed by atoms with van der Waals surface area (Å²) in [6, 6.07) is 10.2. The van der Waals surface area contributed by atoms with Gasteiger partial charge in [-0.25, -0.2) is 4.79 Å². The quantitative estimate of drug-likeness (QED) is 0.782. The van der Waals surface area contributed by atoms with Crippen molar-refractivity contribution in [2.75, 3.05) is 20.2 Å². The van der Waals surface area contributed by atoms with Gasteiger partial charge in [0.05, 0.1) is 26.0 Å². The number of esters is 1. The normalized spacial score (nSPS) is 21.6. The maximum absolute atomic E-state index is 11.7. The topological polar surface area (TPSA) is 56.6 Å². The molecule has 0 saturated carbocycles. The SMILES string of the molecule is COC(=O)[C@@H]1CN(Cc2cnn(Cc3ccccc3)c2)C[C@@H](C)O1. The molecule has 0 unspecified atom stereocenters. The van der Waals surface area contributed by atoms with E-state index in [1.165, 1.54) is 12.7 Å². The van der Waals surface area contributed by atoms with E-state index < -0.39 is 6.10 Å². The molecule has 0 N–H and O–H groups in total. The lowest BCUT2D eigenvalue weighted by Gasteiger charge is -2.35. The minimum atomic E-state index is -0.516. The molecule has 1 aromatic carbocycles. The number of morpholine rings is 1. The van der Waals surface area contributed by atoms with E-state index in [0.717, 1.165) is 25.2 Å². The molecule has 2 aromatic rings. The second-order valence-electron chi connectivity index (χ2n) is 6.18. The summed E-state index contributed by atoms with van der Waals surface area (Å²) < 4.78 is 12.4. The van der Waals surface area contributed by atoms with Crippen LogP contribution in [0.4, 0.5) is 0 Å². The Hall–Kier alpha value is -2.18. The van der Waals surface area contributed by atoms with Crippen LogP contribution >= 0.6 is 0 Å². The predicted octanol–water partition coefficient (Wildman–Crippen LogP) is 1.69. The highest BCUT2D eigenvalue weighted by Crippen LogP contribution is 2.15. The molecular formula is C18H23N3O3. The Morgan fingerprint density at radius 1 is 1.25 bits per heavy atom. The standard InChI is InChI=1S/C18H23N3O3/c1-14-9-20(13-17(24-14)18(22)23-2)10-16-8-19-21(12-16)11-15-6-4-3-5-7-15/h3-8,12,14,17H,9-11,13H2,1-2H3/t14-,17+/m1/s1. The van der Waals surface area contributed by atoms with Crippen LogP contribution in [0, 0.1) is 0 Å². The molecule has 0 bridgehead atoms. The van der Waals surface area contributed by atoms with E-state index in [-0.39, 0.29) is 12.1 Å². The fraction of sp³-hybridized carbons (Fsp3) is 0.444. The van der Waals surface area contributed by atoms with Gasteiger partial charge in [-0.15, -0.1) is 0 Å². The Kier molecular flexibility index (Phi) is 5.27. The Morgan fingerprint density at radius 3 is 2.79 bits per heavy atom. The second-order valence-corrected chi connectivity index (χ2v) is 6.18. The van der Waals surface area contributed by atoms with Gasteiger partial charge in [0, 0.05) is 31.4 Å². The van der Waals surface area contributed by atoms with E-state index in [1.807, 2.05) is 36.0 Å². The maximum Gasteiger partial charge on any atom is 0.336 e. The number of nitrogens with zero attached hydrogens (tertiary/aromatic N) is 3. The molecule has 1 aliphatic heterocycles. The number of methoxy groups -OCH3 is 1. The Morgan fingerprint density at radius 2 is 2.04 bits per heavy atom. The molecule has 3 rings (SSSR count). The smallest absolute Gasteiger partial charge is 0.336 e. The van der Waals surface area contributed by atoms with Crippen LogP contribution in [0.5, 0.6) is 0 Å². The molecule has 2 heterocycles. The molecule has 0 amide bonds. The zero-order chi connectivity index (χ0) is 16.9. The summed E-state index contributed by atoms with van der Waals surface area (Å²) in [5.74, 6) is -0.314. The van der Waals surface area contributed by atoms with Crippen molar-refractivity contribution in [3.63, 3.8) is 0 Å². The first-order chi connectivity index (χ1) is 11.6. The van der Waals surface area contributed by atoms with Gasteiger partial charge >= 0.3 is 5.97 Å². The third kappa shape index (κ3) is 4.21. The number of ether oxygens (including phenoxy) is 2. The van der Waals surface area contributed by atoms with Gasteiger partial charge in [-0.1, -0.05) is 30.3 Å². The third-order valence-corrected chi connectivity index (χ3v) is 4.08. The Bertz CT molecular complexity index is 671. The zero-order valence-electron chi connectivity index (χ0n) is 14.1. The lowest BCUT2D eigenvalue weighted by atomic mass is 10.2. The van der Waals surface area contributed by atoms with E-state index in [0.29, 0.717) is 6.54 Å².